The lowest BCUT2D eigenvalue weighted by Crippen LogP contribution is -2.61. The summed E-state index contributed by atoms with van der Waals surface area (Å²) in [6.07, 6.45) is 1.77. The zero-order valence-corrected chi connectivity index (χ0v) is 24.1. The van der Waals surface area contributed by atoms with Crippen molar-refractivity contribution in [3.05, 3.63) is 47.5 Å². The number of benzene rings is 1. The Morgan fingerprint density at radius 2 is 1.58 bits per heavy atom. The van der Waals surface area contributed by atoms with Crippen molar-refractivity contribution < 1.29 is 19.1 Å². The normalized spacial score (nSPS) is 15.2. The number of carbonyl (C=O) groups is 3. The van der Waals surface area contributed by atoms with Crippen molar-refractivity contribution in [3.8, 4) is 0 Å². The van der Waals surface area contributed by atoms with E-state index in [0.29, 0.717) is 5.57 Å². The second-order valence-electron chi connectivity index (χ2n) is 11.4. The van der Waals surface area contributed by atoms with Gasteiger partial charge in [0.15, 0.2) is 0 Å². The maximum absolute atomic E-state index is 13.8. The summed E-state index contributed by atoms with van der Waals surface area (Å²) in [6.45, 7) is 17.6. The third-order valence-corrected chi connectivity index (χ3v) is 6.69. The maximum atomic E-state index is 13.8. The van der Waals surface area contributed by atoms with Crippen LogP contribution in [0.5, 0.6) is 0 Å². The number of rotatable bonds is 11. The fourth-order valence-electron chi connectivity index (χ4n) is 4.40. The Kier molecular flexibility index (Phi) is 11.4. The molecular formula is C29H47N3O4. The third-order valence-electron chi connectivity index (χ3n) is 6.69. The molecule has 0 aromatic heterocycles. The van der Waals surface area contributed by atoms with E-state index in [0.717, 1.165) is 5.56 Å². The van der Waals surface area contributed by atoms with E-state index < -0.39 is 28.9 Å². The molecule has 0 saturated heterocycles. The Bertz CT molecular complexity index is 916. The first kappa shape index (κ1) is 31.4. The molecule has 1 rings (SSSR count). The molecule has 7 heteroatoms. The summed E-state index contributed by atoms with van der Waals surface area (Å²) in [6, 6.07) is 8.19. The first-order chi connectivity index (χ1) is 16.6. The highest BCUT2D eigenvalue weighted by Crippen LogP contribution is 2.29. The summed E-state index contributed by atoms with van der Waals surface area (Å²) < 4.78 is 5.11. The predicted molar refractivity (Wildman–Crippen MR) is 145 cm³/mol. The lowest BCUT2D eigenvalue weighted by Gasteiger charge is -2.40. The van der Waals surface area contributed by atoms with Gasteiger partial charge in [-0.2, -0.15) is 0 Å². The van der Waals surface area contributed by atoms with Crippen LogP contribution in [0, 0.1) is 11.3 Å². The highest BCUT2D eigenvalue weighted by atomic mass is 16.5. The largest absolute Gasteiger partial charge is 0.463 e. The van der Waals surface area contributed by atoms with Crippen LogP contribution >= 0.6 is 0 Å². The molecule has 0 fully saturated rings. The molecule has 0 unspecified atom stereocenters. The minimum Gasteiger partial charge on any atom is -0.463 e. The van der Waals surface area contributed by atoms with Crippen LogP contribution in [0.2, 0.25) is 0 Å². The molecule has 0 heterocycles. The van der Waals surface area contributed by atoms with E-state index in [-0.39, 0.29) is 30.4 Å². The molecule has 0 aliphatic rings. The van der Waals surface area contributed by atoms with Crippen molar-refractivity contribution >= 4 is 17.8 Å². The molecule has 0 aliphatic heterocycles. The highest BCUT2D eigenvalue weighted by Gasteiger charge is 2.41. The maximum Gasteiger partial charge on any atom is 0.333 e. The first-order valence-electron chi connectivity index (χ1n) is 12.7. The number of nitrogens with zero attached hydrogens (tertiary/aromatic N) is 1. The Morgan fingerprint density at radius 3 is 2.03 bits per heavy atom. The molecule has 0 bridgehead atoms. The number of hydrogen-bond acceptors (Lipinski definition) is 5. The summed E-state index contributed by atoms with van der Waals surface area (Å²) >= 11 is 0. The smallest absolute Gasteiger partial charge is 0.333 e. The van der Waals surface area contributed by atoms with Gasteiger partial charge in [0.2, 0.25) is 11.8 Å². The van der Waals surface area contributed by atoms with Gasteiger partial charge in [-0.15, -0.1) is 0 Å². The van der Waals surface area contributed by atoms with Gasteiger partial charge in [-0.25, -0.2) is 4.79 Å². The average Bonchev–Trinajstić information content (AvgIpc) is 2.80. The van der Waals surface area contributed by atoms with Crippen molar-refractivity contribution in [2.24, 2.45) is 11.3 Å². The topological polar surface area (TPSA) is 87.7 Å². The Labute approximate surface area is 218 Å². The molecule has 0 aliphatic carbocycles. The van der Waals surface area contributed by atoms with Gasteiger partial charge in [0.1, 0.15) is 6.04 Å². The number of amides is 2. The molecule has 0 radical (unpaired) electrons. The van der Waals surface area contributed by atoms with Gasteiger partial charge in [0, 0.05) is 18.0 Å². The fraction of sp³-hybridized carbons (Fsp3) is 0.621. The summed E-state index contributed by atoms with van der Waals surface area (Å²) in [5.41, 5.74) is 0.413. The molecule has 3 atom stereocenters. The fourth-order valence-corrected chi connectivity index (χ4v) is 4.40. The molecule has 0 spiro atoms. The molecule has 202 valence electrons. The van der Waals surface area contributed by atoms with Crippen LogP contribution in [0.3, 0.4) is 0 Å². The van der Waals surface area contributed by atoms with E-state index in [9.17, 15) is 14.4 Å². The van der Waals surface area contributed by atoms with E-state index in [1.165, 1.54) is 0 Å². The van der Waals surface area contributed by atoms with E-state index in [2.05, 4.69) is 10.6 Å². The Hall–Kier alpha value is -2.67. The standard InChI is InChI=1S/C29H47N3O4/c1-12-36-27(35)20(4)18-22(19(2)3)32(11)26(34)24(28(5,6)7)31-25(33)23(30-10)29(8,9)21-16-14-13-15-17-21/h13-19,22-24,30H,12H2,1-11H3,(H,31,33)/t22-,23-,24+/m1/s1. The number of likely N-dealkylation sites (N-methyl/N-ethyl adjacent to an activating group) is 2. The zero-order valence-electron chi connectivity index (χ0n) is 24.1. The van der Waals surface area contributed by atoms with Crippen LogP contribution in [-0.2, 0) is 24.5 Å². The first-order valence-corrected chi connectivity index (χ1v) is 12.7. The minimum atomic E-state index is -0.769. The summed E-state index contributed by atoms with van der Waals surface area (Å²) in [5, 5.41) is 6.21. The van der Waals surface area contributed by atoms with Crippen LogP contribution < -0.4 is 10.6 Å². The number of ether oxygens (including phenoxy) is 1. The van der Waals surface area contributed by atoms with Gasteiger partial charge in [-0.05, 0) is 37.8 Å². The van der Waals surface area contributed by atoms with E-state index in [1.807, 2.05) is 78.8 Å². The molecule has 36 heavy (non-hydrogen) atoms. The molecule has 1 aromatic rings. The van der Waals surface area contributed by atoms with Gasteiger partial charge in [0.05, 0.1) is 18.7 Å². The summed E-state index contributed by atoms with van der Waals surface area (Å²) in [7, 11) is 3.48. The van der Waals surface area contributed by atoms with Gasteiger partial charge < -0.3 is 20.3 Å². The molecule has 1 aromatic carbocycles. The van der Waals surface area contributed by atoms with Crippen LogP contribution in [-0.4, -0.2) is 61.5 Å². The minimum absolute atomic E-state index is 0.0433. The third kappa shape index (κ3) is 7.92. The molecule has 7 nitrogen and oxygen atoms in total. The van der Waals surface area contributed by atoms with Crippen molar-refractivity contribution in [3.63, 3.8) is 0 Å². The van der Waals surface area contributed by atoms with Crippen molar-refractivity contribution in [2.45, 2.75) is 85.9 Å². The lowest BCUT2D eigenvalue weighted by atomic mass is 9.76. The van der Waals surface area contributed by atoms with E-state index in [4.69, 9.17) is 4.74 Å². The Balaban J connectivity index is 3.28. The van der Waals surface area contributed by atoms with Crippen molar-refractivity contribution in [1.82, 2.24) is 15.5 Å². The van der Waals surface area contributed by atoms with Gasteiger partial charge >= 0.3 is 5.97 Å². The van der Waals surface area contributed by atoms with Crippen LogP contribution in [0.4, 0.5) is 0 Å². The monoisotopic (exact) mass is 501 g/mol. The van der Waals surface area contributed by atoms with Gasteiger partial charge in [-0.3, -0.25) is 9.59 Å². The van der Waals surface area contributed by atoms with Crippen LogP contribution in [0.25, 0.3) is 0 Å². The quantitative estimate of drug-likeness (QED) is 0.352. The van der Waals surface area contributed by atoms with Crippen molar-refractivity contribution in [2.75, 3.05) is 20.7 Å². The molecular weight excluding hydrogens is 454 g/mol. The Morgan fingerprint density at radius 1 is 1.03 bits per heavy atom. The molecule has 0 saturated carbocycles. The highest BCUT2D eigenvalue weighted by molar-refractivity contribution is 5.92. The molecule has 2 N–H and O–H groups in total. The van der Waals surface area contributed by atoms with E-state index >= 15 is 0 Å². The number of esters is 1. The number of hydrogen-bond donors (Lipinski definition) is 2. The summed E-state index contributed by atoms with van der Waals surface area (Å²) in [4.78, 5) is 41.2. The second kappa shape index (κ2) is 13.0. The zero-order chi connectivity index (χ0) is 27.8. The predicted octanol–water partition coefficient (Wildman–Crippen LogP) is 4.08. The lowest BCUT2D eigenvalue weighted by molar-refractivity contribution is -0.141. The number of carbonyl (C=O) groups excluding carboxylic acids is 3. The van der Waals surface area contributed by atoms with E-state index in [1.54, 1.807) is 38.9 Å². The average molecular weight is 502 g/mol. The second-order valence-corrected chi connectivity index (χ2v) is 11.4. The van der Waals surface area contributed by atoms with Crippen LogP contribution in [0.1, 0.15) is 67.9 Å². The SMILES string of the molecule is CCOC(=O)C(C)=C[C@H](C(C)C)N(C)C(=O)[C@H](NC(=O)[C@@H](NC)C(C)(C)c1ccccc1)C(C)(C)C. The van der Waals surface area contributed by atoms with Gasteiger partial charge in [0.25, 0.3) is 0 Å². The summed E-state index contributed by atoms with van der Waals surface area (Å²) in [5.74, 6) is -0.811. The van der Waals surface area contributed by atoms with Gasteiger partial charge in [-0.1, -0.05) is 84.9 Å². The van der Waals surface area contributed by atoms with Crippen LogP contribution in [0.15, 0.2) is 42.0 Å². The number of nitrogens with one attached hydrogen (secondary N) is 2. The molecule has 2 amide bonds. The van der Waals surface area contributed by atoms with Crippen molar-refractivity contribution in [1.29, 1.82) is 0 Å².